The molecule has 0 unspecified atom stereocenters. The van der Waals surface area contributed by atoms with Crippen LogP contribution in [-0.2, 0) is 4.43 Å². The number of unbranched alkanes of at least 4 members (excludes halogenated alkanes) is 1. The van der Waals surface area contributed by atoms with Crippen LogP contribution in [0.2, 0.25) is 6.04 Å². The van der Waals surface area contributed by atoms with Gasteiger partial charge in [-0.2, -0.15) is 0 Å². The lowest BCUT2D eigenvalue weighted by Crippen LogP contribution is -2.28. The van der Waals surface area contributed by atoms with Gasteiger partial charge in [-0.25, -0.2) is 0 Å². The average molecular weight is 203 g/mol. The van der Waals surface area contributed by atoms with Gasteiger partial charge in [0.15, 0.2) is 9.76 Å². The molecule has 0 aliphatic rings. The van der Waals surface area contributed by atoms with Gasteiger partial charge in [0.25, 0.3) is 0 Å². The van der Waals surface area contributed by atoms with Crippen molar-refractivity contribution in [3.05, 3.63) is 0 Å². The summed E-state index contributed by atoms with van der Waals surface area (Å²) in [5.74, 6) is 0. The van der Waals surface area contributed by atoms with Crippen LogP contribution >= 0.6 is 0 Å². The zero-order chi connectivity index (χ0) is 10.2. The van der Waals surface area contributed by atoms with Crippen molar-refractivity contribution in [1.29, 1.82) is 0 Å². The van der Waals surface area contributed by atoms with Gasteiger partial charge in [0.2, 0.25) is 0 Å². The molecule has 0 amide bonds. The molecule has 0 spiro atoms. The van der Waals surface area contributed by atoms with Crippen LogP contribution in [0.1, 0.15) is 46.5 Å². The minimum Gasteiger partial charge on any atom is -0.419 e. The lowest BCUT2D eigenvalue weighted by molar-refractivity contribution is 0.0850. The van der Waals surface area contributed by atoms with Gasteiger partial charge >= 0.3 is 0 Å². The number of hydrogen-bond donors (Lipinski definition) is 1. The summed E-state index contributed by atoms with van der Waals surface area (Å²) in [4.78, 5) is 0. The fourth-order valence-electron chi connectivity index (χ4n) is 1.20. The fourth-order valence-corrected chi connectivity index (χ4v) is 2.80. The van der Waals surface area contributed by atoms with E-state index < -0.39 is 0 Å². The Hall–Kier alpha value is 0.137. The summed E-state index contributed by atoms with van der Waals surface area (Å²) in [6.07, 6.45) is 4.68. The summed E-state index contributed by atoms with van der Waals surface area (Å²) in [5.41, 5.74) is 5.59. The van der Waals surface area contributed by atoms with Gasteiger partial charge in [0, 0.05) is 0 Å². The van der Waals surface area contributed by atoms with Crippen molar-refractivity contribution in [2.75, 3.05) is 6.54 Å². The highest BCUT2D eigenvalue weighted by Gasteiger charge is 2.18. The normalized spacial score (nSPS) is 12.9. The summed E-state index contributed by atoms with van der Waals surface area (Å²) in [7, 11) is -0.291. The number of hydrogen-bond acceptors (Lipinski definition) is 2. The van der Waals surface area contributed by atoms with Crippen LogP contribution in [0.25, 0.3) is 0 Å². The third-order valence-corrected chi connectivity index (χ3v) is 4.48. The molecule has 0 aliphatic heterocycles. The van der Waals surface area contributed by atoms with Crippen molar-refractivity contribution in [3.8, 4) is 0 Å². The van der Waals surface area contributed by atoms with Gasteiger partial charge in [0.1, 0.15) is 0 Å². The van der Waals surface area contributed by atoms with E-state index in [-0.39, 0.29) is 15.4 Å². The molecular weight excluding hydrogens is 178 g/mol. The van der Waals surface area contributed by atoms with Crippen molar-refractivity contribution in [3.63, 3.8) is 0 Å². The molecule has 0 aromatic rings. The fraction of sp³-hybridized carbons (Fsp3) is 1.00. The third-order valence-electron chi connectivity index (χ3n) is 2.79. The zero-order valence-corrected chi connectivity index (χ0v) is 10.8. The summed E-state index contributed by atoms with van der Waals surface area (Å²) < 4.78 is 5.97. The molecule has 0 aromatic heterocycles. The van der Waals surface area contributed by atoms with Crippen molar-refractivity contribution in [1.82, 2.24) is 0 Å². The molecule has 0 rings (SSSR count). The van der Waals surface area contributed by atoms with Gasteiger partial charge < -0.3 is 10.2 Å². The predicted octanol–water partition coefficient (Wildman–Crippen LogP) is 1.82. The molecule has 80 valence electrons. The van der Waals surface area contributed by atoms with E-state index in [9.17, 15) is 0 Å². The highest BCUT2D eigenvalue weighted by molar-refractivity contribution is 6.27. The standard InChI is InChI=1S/C10H25NOSi/c1-4-10(3,5-2)12-13-9-7-6-8-11/h4-9,11,13H2,1-3H3. The summed E-state index contributed by atoms with van der Waals surface area (Å²) in [6.45, 7) is 7.46. The summed E-state index contributed by atoms with van der Waals surface area (Å²) in [5, 5.41) is 0. The lowest BCUT2D eigenvalue weighted by atomic mass is 10.0. The van der Waals surface area contributed by atoms with Crippen LogP contribution < -0.4 is 5.73 Å². The Morgan fingerprint density at radius 2 is 1.85 bits per heavy atom. The molecule has 0 saturated heterocycles. The van der Waals surface area contributed by atoms with Crippen LogP contribution in [0.15, 0.2) is 0 Å². The first-order valence-corrected chi connectivity index (χ1v) is 7.10. The molecule has 0 aliphatic carbocycles. The van der Waals surface area contributed by atoms with E-state index in [0.29, 0.717) is 0 Å². The van der Waals surface area contributed by atoms with E-state index in [1.54, 1.807) is 0 Å². The molecule has 0 atom stereocenters. The third kappa shape index (κ3) is 6.24. The first-order chi connectivity index (χ1) is 6.18. The predicted molar refractivity (Wildman–Crippen MR) is 61.7 cm³/mol. The zero-order valence-electron chi connectivity index (χ0n) is 9.44. The van der Waals surface area contributed by atoms with E-state index in [1.165, 1.54) is 12.5 Å². The van der Waals surface area contributed by atoms with Gasteiger partial charge in [-0.1, -0.05) is 20.3 Å². The van der Waals surface area contributed by atoms with Crippen LogP contribution in [0, 0.1) is 0 Å². The van der Waals surface area contributed by atoms with Crippen LogP contribution in [0.4, 0.5) is 0 Å². The van der Waals surface area contributed by atoms with Gasteiger partial charge in [0.05, 0.1) is 5.60 Å². The van der Waals surface area contributed by atoms with E-state index >= 15 is 0 Å². The van der Waals surface area contributed by atoms with Crippen LogP contribution in [0.5, 0.6) is 0 Å². The maximum atomic E-state index is 5.97. The second-order valence-corrected chi connectivity index (χ2v) is 5.26. The maximum absolute atomic E-state index is 5.97. The molecule has 3 heteroatoms. The smallest absolute Gasteiger partial charge is 0.162 e. The SMILES string of the molecule is CCC(C)(CC)O[SiH2]CCCCN. The minimum absolute atomic E-state index is 0.162. The van der Waals surface area contributed by atoms with Gasteiger partial charge in [-0.05, 0) is 38.8 Å². The molecule has 0 saturated carbocycles. The molecule has 2 nitrogen and oxygen atoms in total. The van der Waals surface area contributed by atoms with Crippen molar-refractivity contribution in [2.24, 2.45) is 5.73 Å². The molecule has 0 radical (unpaired) electrons. The molecule has 0 fully saturated rings. The quantitative estimate of drug-likeness (QED) is 0.482. The molecule has 2 N–H and O–H groups in total. The molecule has 0 heterocycles. The Morgan fingerprint density at radius 3 is 2.31 bits per heavy atom. The Balaban J connectivity index is 3.39. The molecule has 0 bridgehead atoms. The van der Waals surface area contributed by atoms with Crippen molar-refractivity contribution < 1.29 is 4.43 Å². The van der Waals surface area contributed by atoms with Crippen molar-refractivity contribution >= 4 is 9.76 Å². The van der Waals surface area contributed by atoms with E-state index in [0.717, 1.165) is 25.8 Å². The monoisotopic (exact) mass is 203 g/mol. The van der Waals surface area contributed by atoms with E-state index in [2.05, 4.69) is 20.8 Å². The second-order valence-electron chi connectivity index (χ2n) is 3.85. The second kappa shape index (κ2) is 7.53. The largest absolute Gasteiger partial charge is 0.419 e. The summed E-state index contributed by atoms with van der Waals surface area (Å²) in [6, 6.07) is 1.28. The van der Waals surface area contributed by atoms with Gasteiger partial charge in [-0.3, -0.25) is 0 Å². The highest BCUT2D eigenvalue weighted by atomic mass is 28.2. The number of nitrogens with two attached hydrogens (primary N) is 1. The van der Waals surface area contributed by atoms with E-state index in [1.807, 2.05) is 0 Å². The molecule has 13 heavy (non-hydrogen) atoms. The van der Waals surface area contributed by atoms with Crippen LogP contribution in [0.3, 0.4) is 0 Å². The molecule has 0 aromatic carbocycles. The Morgan fingerprint density at radius 1 is 1.23 bits per heavy atom. The average Bonchev–Trinajstić information content (AvgIpc) is 2.17. The molecular formula is C10H25NOSi. The highest BCUT2D eigenvalue weighted by Crippen LogP contribution is 2.18. The minimum atomic E-state index is -0.291. The van der Waals surface area contributed by atoms with E-state index in [4.69, 9.17) is 10.2 Å². The Bertz CT molecular complexity index is 115. The lowest BCUT2D eigenvalue weighted by Gasteiger charge is -2.27. The summed E-state index contributed by atoms with van der Waals surface area (Å²) >= 11 is 0. The van der Waals surface area contributed by atoms with Gasteiger partial charge in [-0.15, -0.1) is 0 Å². The number of rotatable bonds is 8. The van der Waals surface area contributed by atoms with Crippen LogP contribution in [-0.4, -0.2) is 21.9 Å². The Labute approximate surface area is 85.2 Å². The van der Waals surface area contributed by atoms with Crippen molar-refractivity contribution in [2.45, 2.75) is 58.1 Å². The first-order valence-electron chi connectivity index (χ1n) is 5.52. The maximum Gasteiger partial charge on any atom is 0.162 e. The topological polar surface area (TPSA) is 35.2 Å². The first kappa shape index (κ1) is 13.1. The Kier molecular flexibility index (Phi) is 7.61.